The third-order valence-corrected chi connectivity index (χ3v) is 5.43. The Morgan fingerprint density at radius 2 is 2.00 bits per heavy atom. The average Bonchev–Trinajstić information content (AvgIpc) is 3.17. The summed E-state index contributed by atoms with van der Waals surface area (Å²) in [6.07, 6.45) is 2.25. The maximum atomic E-state index is 12.0. The second kappa shape index (κ2) is 4.90. The van der Waals surface area contributed by atoms with Crippen LogP contribution in [0.3, 0.4) is 0 Å². The fourth-order valence-electron chi connectivity index (χ4n) is 1.95. The van der Waals surface area contributed by atoms with Crippen LogP contribution in [-0.4, -0.2) is 27.3 Å². The van der Waals surface area contributed by atoms with Crippen molar-refractivity contribution in [2.45, 2.75) is 24.7 Å². The largest absolute Gasteiger partial charge is 0.383 e. The highest BCUT2D eigenvalue weighted by Gasteiger charge is 2.41. The predicted molar refractivity (Wildman–Crippen MR) is 73.4 cm³/mol. The van der Waals surface area contributed by atoms with E-state index in [2.05, 4.69) is 5.32 Å². The third kappa shape index (κ3) is 2.67. The van der Waals surface area contributed by atoms with Gasteiger partial charge in [-0.3, -0.25) is 0 Å². The Labute approximate surface area is 108 Å². The first-order valence-corrected chi connectivity index (χ1v) is 7.94. The van der Waals surface area contributed by atoms with Crippen LogP contribution >= 0.6 is 0 Å². The second-order valence-corrected chi connectivity index (χ2v) is 7.20. The van der Waals surface area contributed by atoms with Crippen LogP contribution in [0.25, 0.3) is 0 Å². The number of benzene rings is 1. The van der Waals surface area contributed by atoms with Gasteiger partial charge in [-0.25, -0.2) is 8.42 Å². The quantitative estimate of drug-likeness (QED) is 0.822. The van der Waals surface area contributed by atoms with E-state index in [1.54, 1.807) is 19.1 Å². The highest BCUT2D eigenvalue weighted by Crippen LogP contribution is 2.44. The van der Waals surface area contributed by atoms with E-state index in [0.717, 1.165) is 19.4 Å². The minimum Gasteiger partial charge on any atom is -0.383 e. The van der Waals surface area contributed by atoms with Crippen molar-refractivity contribution in [3.8, 4) is 0 Å². The van der Waals surface area contributed by atoms with E-state index in [0.29, 0.717) is 17.1 Å². The SMILES string of the molecule is CCS(=O)(=O)c1ccccc1NCC1(CN)CC1. The second-order valence-electron chi connectivity index (χ2n) is 4.96. The summed E-state index contributed by atoms with van der Waals surface area (Å²) in [6, 6.07) is 7.07. The number of nitrogens with one attached hydrogen (secondary N) is 1. The van der Waals surface area contributed by atoms with Gasteiger partial charge < -0.3 is 11.1 Å². The van der Waals surface area contributed by atoms with Crippen molar-refractivity contribution in [3.63, 3.8) is 0 Å². The first-order chi connectivity index (χ1) is 8.53. The lowest BCUT2D eigenvalue weighted by atomic mass is 10.1. The van der Waals surface area contributed by atoms with Crippen LogP contribution < -0.4 is 11.1 Å². The maximum Gasteiger partial charge on any atom is 0.180 e. The van der Waals surface area contributed by atoms with Crippen LogP contribution in [-0.2, 0) is 9.84 Å². The summed E-state index contributed by atoms with van der Waals surface area (Å²) >= 11 is 0. The number of para-hydroxylation sites is 1. The van der Waals surface area contributed by atoms with Crippen molar-refractivity contribution in [2.75, 3.05) is 24.2 Å². The van der Waals surface area contributed by atoms with Gasteiger partial charge in [0.2, 0.25) is 0 Å². The molecule has 0 saturated heterocycles. The molecule has 1 saturated carbocycles. The molecule has 0 aromatic heterocycles. The van der Waals surface area contributed by atoms with E-state index in [-0.39, 0.29) is 11.2 Å². The van der Waals surface area contributed by atoms with Crippen molar-refractivity contribution in [2.24, 2.45) is 11.1 Å². The summed E-state index contributed by atoms with van der Waals surface area (Å²) in [7, 11) is -3.18. The van der Waals surface area contributed by atoms with Gasteiger partial charge in [-0.2, -0.15) is 0 Å². The lowest BCUT2D eigenvalue weighted by molar-refractivity contribution is 0.555. The molecule has 4 nitrogen and oxygen atoms in total. The van der Waals surface area contributed by atoms with Crippen molar-refractivity contribution >= 4 is 15.5 Å². The molecule has 0 aliphatic heterocycles. The van der Waals surface area contributed by atoms with Crippen molar-refractivity contribution < 1.29 is 8.42 Å². The van der Waals surface area contributed by atoms with Gasteiger partial charge in [-0.15, -0.1) is 0 Å². The number of anilines is 1. The minimum absolute atomic E-state index is 0.119. The monoisotopic (exact) mass is 268 g/mol. The molecule has 0 atom stereocenters. The number of rotatable bonds is 6. The minimum atomic E-state index is -3.18. The third-order valence-electron chi connectivity index (χ3n) is 3.65. The Morgan fingerprint density at radius 1 is 1.33 bits per heavy atom. The van der Waals surface area contributed by atoms with Crippen molar-refractivity contribution in [1.82, 2.24) is 0 Å². The molecule has 0 radical (unpaired) electrons. The molecule has 18 heavy (non-hydrogen) atoms. The molecule has 0 unspecified atom stereocenters. The maximum absolute atomic E-state index is 12.0. The normalized spacial score (nSPS) is 17.4. The van der Waals surface area contributed by atoms with Crippen molar-refractivity contribution in [1.29, 1.82) is 0 Å². The van der Waals surface area contributed by atoms with E-state index in [4.69, 9.17) is 5.73 Å². The Kier molecular flexibility index (Phi) is 3.64. The average molecular weight is 268 g/mol. The van der Waals surface area contributed by atoms with Crippen LogP contribution in [0.1, 0.15) is 19.8 Å². The first kappa shape index (κ1) is 13.4. The molecule has 1 aromatic rings. The zero-order valence-electron chi connectivity index (χ0n) is 10.6. The number of sulfone groups is 1. The van der Waals surface area contributed by atoms with Crippen LogP contribution in [0, 0.1) is 5.41 Å². The molecule has 0 spiro atoms. The Balaban J connectivity index is 2.18. The molecule has 0 amide bonds. The van der Waals surface area contributed by atoms with Crippen LogP contribution in [0.4, 0.5) is 5.69 Å². The molecule has 100 valence electrons. The number of hydrogen-bond acceptors (Lipinski definition) is 4. The van der Waals surface area contributed by atoms with Crippen LogP contribution in [0.15, 0.2) is 29.2 Å². The van der Waals surface area contributed by atoms with Gasteiger partial charge in [-0.1, -0.05) is 19.1 Å². The van der Waals surface area contributed by atoms with Gasteiger partial charge in [0.05, 0.1) is 16.3 Å². The van der Waals surface area contributed by atoms with Gasteiger partial charge in [0.25, 0.3) is 0 Å². The summed E-state index contributed by atoms with van der Waals surface area (Å²) in [5.41, 5.74) is 6.60. The van der Waals surface area contributed by atoms with E-state index in [1.807, 2.05) is 12.1 Å². The molecular weight excluding hydrogens is 248 g/mol. The van der Waals surface area contributed by atoms with Crippen LogP contribution in [0.5, 0.6) is 0 Å². The van der Waals surface area contributed by atoms with Gasteiger partial charge in [0.1, 0.15) is 0 Å². The zero-order chi connectivity index (χ0) is 13.2. The zero-order valence-corrected chi connectivity index (χ0v) is 11.5. The van der Waals surface area contributed by atoms with Gasteiger partial charge in [0, 0.05) is 6.54 Å². The topological polar surface area (TPSA) is 72.2 Å². The fourth-order valence-corrected chi connectivity index (χ4v) is 3.02. The first-order valence-electron chi connectivity index (χ1n) is 6.29. The highest BCUT2D eigenvalue weighted by molar-refractivity contribution is 7.91. The standard InChI is InChI=1S/C13H20N2O2S/c1-2-18(16,17)12-6-4-3-5-11(12)15-10-13(9-14)7-8-13/h3-6,15H,2,7-10,14H2,1H3. The smallest absolute Gasteiger partial charge is 0.180 e. The Hall–Kier alpha value is -1.07. The summed E-state index contributed by atoms with van der Waals surface area (Å²) in [5, 5.41) is 3.25. The van der Waals surface area contributed by atoms with E-state index in [9.17, 15) is 8.42 Å². The Bertz CT molecular complexity index is 522. The van der Waals surface area contributed by atoms with Gasteiger partial charge in [0.15, 0.2) is 9.84 Å². The summed E-state index contributed by atoms with van der Waals surface area (Å²) < 4.78 is 23.9. The molecule has 1 aliphatic rings. The summed E-state index contributed by atoms with van der Waals surface area (Å²) in [5.74, 6) is 0.119. The molecular formula is C13H20N2O2S. The lowest BCUT2D eigenvalue weighted by Crippen LogP contribution is -2.24. The molecule has 1 aromatic carbocycles. The molecule has 0 heterocycles. The number of nitrogens with two attached hydrogens (primary N) is 1. The molecule has 5 heteroatoms. The lowest BCUT2D eigenvalue weighted by Gasteiger charge is -2.16. The van der Waals surface area contributed by atoms with Gasteiger partial charge >= 0.3 is 0 Å². The molecule has 1 aliphatic carbocycles. The van der Waals surface area contributed by atoms with Crippen molar-refractivity contribution in [3.05, 3.63) is 24.3 Å². The van der Waals surface area contributed by atoms with E-state index in [1.165, 1.54) is 0 Å². The fraction of sp³-hybridized carbons (Fsp3) is 0.538. The summed E-state index contributed by atoms with van der Waals surface area (Å²) in [6.45, 7) is 3.07. The molecule has 2 rings (SSSR count). The molecule has 3 N–H and O–H groups in total. The molecule has 0 bridgehead atoms. The van der Waals surface area contributed by atoms with Gasteiger partial charge in [-0.05, 0) is 36.9 Å². The van der Waals surface area contributed by atoms with Crippen LogP contribution in [0.2, 0.25) is 0 Å². The highest BCUT2D eigenvalue weighted by atomic mass is 32.2. The summed E-state index contributed by atoms with van der Waals surface area (Å²) in [4.78, 5) is 0.389. The number of hydrogen-bond donors (Lipinski definition) is 2. The van der Waals surface area contributed by atoms with E-state index >= 15 is 0 Å². The Morgan fingerprint density at radius 3 is 2.56 bits per heavy atom. The predicted octanol–water partition coefficient (Wildman–Crippen LogP) is 1.63. The van der Waals surface area contributed by atoms with E-state index < -0.39 is 9.84 Å². The molecule has 1 fully saturated rings.